The highest BCUT2D eigenvalue weighted by atomic mass is 14.2. The number of hydrogen-bond donors (Lipinski definition) is 0. The third kappa shape index (κ3) is 4.70. The van der Waals surface area contributed by atoms with Crippen molar-refractivity contribution in [2.45, 2.75) is 25.7 Å². The minimum atomic E-state index is 1.21. The molecule has 0 aromatic heterocycles. The van der Waals surface area contributed by atoms with Crippen molar-refractivity contribution in [2.75, 3.05) is 0 Å². The summed E-state index contributed by atoms with van der Waals surface area (Å²) < 4.78 is 0. The Morgan fingerprint density at radius 3 is 1.20 bits per heavy atom. The Bertz CT molecular complexity index is 2370. The molecule has 0 aliphatic heterocycles. The first kappa shape index (κ1) is 26.9. The van der Waals surface area contributed by atoms with E-state index in [1.54, 1.807) is 0 Å². The molecular formula is C46H34. The molecule has 0 saturated carbocycles. The lowest BCUT2D eigenvalue weighted by atomic mass is 9.89. The number of rotatable bonds is 4. The van der Waals surface area contributed by atoms with Crippen LogP contribution in [0.3, 0.4) is 0 Å². The van der Waals surface area contributed by atoms with Crippen molar-refractivity contribution in [3.63, 3.8) is 0 Å². The predicted molar refractivity (Wildman–Crippen MR) is 197 cm³/mol. The molecule has 1 aliphatic carbocycles. The average Bonchev–Trinajstić information content (AvgIpc) is 3.15. The summed E-state index contributed by atoms with van der Waals surface area (Å²) >= 11 is 0. The summed E-state index contributed by atoms with van der Waals surface area (Å²) in [4.78, 5) is 0. The van der Waals surface area contributed by atoms with Crippen molar-refractivity contribution in [1.82, 2.24) is 0 Å². The van der Waals surface area contributed by atoms with Gasteiger partial charge in [-0.05, 0) is 132 Å². The molecule has 0 saturated heterocycles. The van der Waals surface area contributed by atoms with Gasteiger partial charge in [-0.1, -0.05) is 140 Å². The van der Waals surface area contributed by atoms with E-state index in [0.717, 1.165) is 0 Å². The molecule has 0 unspecified atom stereocenters. The van der Waals surface area contributed by atoms with Crippen LogP contribution in [0.5, 0.6) is 0 Å². The highest BCUT2D eigenvalue weighted by molar-refractivity contribution is 6.25. The van der Waals surface area contributed by atoms with Crippen LogP contribution in [0.25, 0.3) is 76.8 Å². The van der Waals surface area contributed by atoms with E-state index < -0.39 is 0 Å². The summed E-state index contributed by atoms with van der Waals surface area (Å²) in [5.74, 6) is 0. The molecule has 8 aromatic rings. The number of benzene rings is 8. The van der Waals surface area contributed by atoms with Crippen LogP contribution in [0.1, 0.15) is 24.0 Å². The third-order valence-corrected chi connectivity index (χ3v) is 10.0. The number of hydrogen-bond acceptors (Lipinski definition) is 0. The molecule has 0 atom stereocenters. The van der Waals surface area contributed by atoms with E-state index in [9.17, 15) is 0 Å². The maximum atomic E-state index is 2.41. The van der Waals surface area contributed by atoms with E-state index in [1.807, 2.05) is 0 Å². The molecule has 8 aromatic carbocycles. The molecule has 46 heavy (non-hydrogen) atoms. The molecule has 0 nitrogen and oxygen atoms in total. The van der Waals surface area contributed by atoms with E-state index in [0.29, 0.717) is 0 Å². The maximum Gasteiger partial charge on any atom is -0.00928 e. The quantitative estimate of drug-likeness (QED) is 0.180. The van der Waals surface area contributed by atoms with Gasteiger partial charge in [-0.15, -0.1) is 0 Å². The Morgan fingerprint density at radius 2 is 0.630 bits per heavy atom. The van der Waals surface area contributed by atoms with Crippen molar-refractivity contribution in [3.8, 4) is 44.5 Å². The van der Waals surface area contributed by atoms with Crippen molar-refractivity contribution in [3.05, 3.63) is 169 Å². The van der Waals surface area contributed by atoms with Gasteiger partial charge in [0.2, 0.25) is 0 Å². The Labute approximate surface area is 270 Å². The summed E-state index contributed by atoms with van der Waals surface area (Å²) in [5, 5.41) is 7.85. The molecule has 0 bridgehead atoms. The van der Waals surface area contributed by atoms with Gasteiger partial charge in [0.1, 0.15) is 0 Å². The van der Waals surface area contributed by atoms with Crippen LogP contribution in [-0.4, -0.2) is 0 Å². The molecule has 0 heteroatoms. The van der Waals surface area contributed by atoms with E-state index >= 15 is 0 Å². The standard InChI is InChI=1S/C46H34/c1-2-10-34-28-39(24-23-31(34)9-1)33-21-19-32(20-22-33)35-11-7-12-36(27-35)37-13-8-14-38(29-37)40-25-26-45-43-17-4-3-15-41(43)42-16-5-6-18-44(42)46(45)30-40/h3-8,11-30H,1-2,9-10H2. The summed E-state index contributed by atoms with van der Waals surface area (Å²) in [6.45, 7) is 0. The fraction of sp³-hybridized carbons (Fsp3) is 0.0870. The minimum Gasteiger partial charge on any atom is -0.0616 e. The number of aryl methyl sites for hydroxylation is 2. The lowest BCUT2D eigenvalue weighted by molar-refractivity contribution is 0.686. The Morgan fingerprint density at radius 1 is 0.239 bits per heavy atom. The maximum absolute atomic E-state index is 2.41. The molecule has 0 amide bonds. The second-order valence-corrected chi connectivity index (χ2v) is 12.8. The smallest absolute Gasteiger partial charge is 0.00928 e. The molecule has 1 aliphatic rings. The van der Waals surface area contributed by atoms with Crippen LogP contribution in [-0.2, 0) is 12.8 Å². The normalized spacial score (nSPS) is 12.9. The minimum absolute atomic E-state index is 1.21. The predicted octanol–water partition coefficient (Wildman–Crippen LogP) is 12.7. The zero-order valence-electron chi connectivity index (χ0n) is 25.8. The van der Waals surface area contributed by atoms with Gasteiger partial charge in [-0.2, -0.15) is 0 Å². The molecule has 0 heterocycles. The first-order chi connectivity index (χ1) is 22.8. The number of fused-ring (bicyclic) bond motifs is 7. The van der Waals surface area contributed by atoms with Crippen molar-refractivity contribution < 1.29 is 0 Å². The summed E-state index contributed by atoms with van der Waals surface area (Å²) in [7, 11) is 0. The van der Waals surface area contributed by atoms with Gasteiger partial charge in [-0.3, -0.25) is 0 Å². The van der Waals surface area contributed by atoms with Crippen molar-refractivity contribution in [1.29, 1.82) is 0 Å². The molecule has 0 fully saturated rings. The fourth-order valence-electron chi connectivity index (χ4n) is 7.61. The highest BCUT2D eigenvalue weighted by Gasteiger charge is 2.12. The topological polar surface area (TPSA) is 0 Å². The highest BCUT2D eigenvalue weighted by Crippen LogP contribution is 2.38. The lowest BCUT2D eigenvalue weighted by Gasteiger charge is -2.16. The molecule has 0 spiro atoms. The van der Waals surface area contributed by atoms with Crippen LogP contribution in [0.2, 0.25) is 0 Å². The summed E-state index contributed by atoms with van der Waals surface area (Å²) in [5.41, 5.74) is 13.1. The SMILES string of the molecule is c1cc(-c2ccc(-c3ccc4c(c3)CCCC4)cc2)cc(-c2cccc(-c3ccc4c5ccccc5c5ccccc5c4c3)c2)c1. The Hall–Kier alpha value is -5.46. The summed E-state index contributed by atoms with van der Waals surface area (Å²) in [6, 6.07) is 58.6. The molecule has 9 rings (SSSR count). The van der Waals surface area contributed by atoms with Gasteiger partial charge < -0.3 is 0 Å². The van der Waals surface area contributed by atoms with Gasteiger partial charge >= 0.3 is 0 Å². The van der Waals surface area contributed by atoms with Crippen LogP contribution in [0, 0.1) is 0 Å². The van der Waals surface area contributed by atoms with Crippen LogP contribution in [0.15, 0.2) is 158 Å². The van der Waals surface area contributed by atoms with E-state index in [4.69, 9.17) is 0 Å². The third-order valence-electron chi connectivity index (χ3n) is 10.0. The van der Waals surface area contributed by atoms with Gasteiger partial charge in [-0.25, -0.2) is 0 Å². The second-order valence-electron chi connectivity index (χ2n) is 12.8. The van der Waals surface area contributed by atoms with Crippen LogP contribution in [0.4, 0.5) is 0 Å². The Balaban J connectivity index is 1.05. The van der Waals surface area contributed by atoms with Gasteiger partial charge in [0.15, 0.2) is 0 Å². The largest absolute Gasteiger partial charge is 0.0616 e. The van der Waals surface area contributed by atoms with Crippen LogP contribution < -0.4 is 0 Å². The lowest BCUT2D eigenvalue weighted by Crippen LogP contribution is -2.02. The van der Waals surface area contributed by atoms with Crippen LogP contribution >= 0.6 is 0 Å². The first-order valence-corrected chi connectivity index (χ1v) is 16.6. The summed E-state index contributed by atoms with van der Waals surface area (Å²) in [6.07, 6.45) is 5.07. The second kappa shape index (κ2) is 11.2. The van der Waals surface area contributed by atoms with Gasteiger partial charge in [0.25, 0.3) is 0 Å². The zero-order valence-corrected chi connectivity index (χ0v) is 25.8. The molecule has 0 radical (unpaired) electrons. The monoisotopic (exact) mass is 586 g/mol. The zero-order chi connectivity index (χ0) is 30.5. The Kier molecular flexibility index (Phi) is 6.53. The van der Waals surface area contributed by atoms with E-state index in [1.165, 1.54) is 114 Å². The average molecular weight is 587 g/mol. The van der Waals surface area contributed by atoms with Gasteiger partial charge in [0.05, 0.1) is 0 Å². The van der Waals surface area contributed by atoms with Crippen molar-refractivity contribution in [2.24, 2.45) is 0 Å². The molecule has 0 N–H and O–H groups in total. The van der Waals surface area contributed by atoms with E-state index in [-0.39, 0.29) is 0 Å². The molecular weight excluding hydrogens is 553 g/mol. The molecule has 218 valence electrons. The van der Waals surface area contributed by atoms with Gasteiger partial charge in [0, 0.05) is 0 Å². The first-order valence-electron chi connectivity index (χ1n) is 16.6. The van der Waals surface area contributed by atoms with E-state index in [2.05, 4.69) is 158 Å². The van der Waals surface area contributed by atoms with Crippen molar-refractivity contribution >= 4 is 32.3 Å². The fourth-order valence-corrected chi connectivity index (χ4v) is 7.61.